The van der Waals surface area contributed by atoms with Crippen molar-refractivity contribution in [2.75, 3.05) is 13.1 Å². The quantitative estimate of drug-likeness (QED) is 0.504. The van der Waals surface area contributed by atoms with Gasteiger partial charge < -0.3 is 14.4 Å². The minimum absolute atomic E-state index is 0.265. The van der Waals surface area contributed by atoms with Crippen molar-refractivity contribution in [3.8, 4) is 22.8 Å². The summed E-state index contributed by atoms with van der Waals surface area (Å²) in [4.78, 5) is 21.8. The summed E-state index contributed by atoms with van der Waals surface area (Å²) in [5.41, 5.74) is 4.35. The van der Waals surface area contributed by atoms with Crippen LogP contribution in [0.4, 0.5) is 4.79 Å². The molecule has 0 amide bonds. The van der Waals surface area contributed by atoms with Gasteiger partial charge in [0, 0.05) is 41.5 Å². The zero-order valence-corrected chi connectivity index (χ0v) is 19.0. The Balaban J connectivity index is 1.44. The molecule has 3 aromatic rings. The van der Waals surface area contributed by atoms with Crippen molar-refractivity contribution in [2.24, 2.45) is 5.92 Å². The highest BCUT2D eigenvalue weighted by Gasteiger charge is 2.30. The fourth-order valence-corrected chi connectivity index (χ4v) is 4.03. The minimum Gasteiger partial charge on any atom is -0.450 e. The van der Waals surface area contributed by atoms with Crippen LogP contribution in [0, 0.1) is 12.8 Å². The lowest BCUT2D eigenvalue weighted by Crippen LogP contribution is -2.52. The van der Waals surface area contributed by atoms with Gasteiger partial charge in [-0.3, -0.25) is 9.88 Å². The van der Waals surface area contributed by atoms with Crippen LogP contribution >= 0.6 is 11.6 Å². The molecule has 1 aliphatic rings. The number of halogens is 1. The van der Waals surface area contributed by atoms with Gasteiger partial charge in [0.1, 0.15) is 6.10 Å². The topological polar surface area (TPSA) is 102 Å². The van der Waals surface area contributed by atoms with Crippen LogP contribution in [0.5, 0.6) is 0 Å². The first-order chi connectivity index (χ1) is 15.3. The van der Waals surface area contributed by atoms with E-state index in [-0.39, 0.29) is 6.10 Å². The van der Waals surface area contributed by atoms with E-state index in [9.17, 15) is 4.79 Å². The Labute approximate surface area is 191 Å². The number of carbonyl (C=O) groups is 1. The van der Waals surface area contributed by atoms with Crippen LogP contribution in [-0.2, 0) is 17.7 Å². The smallest absolute Gasteiger partial charge is 0.450 e. The number of rotatable bonds is 7. The van der Waals surface area contributed by atoms with Crippen molar-refractivity contribution < 1.29 is 19.2 Å². The highest BCUT2D eigenvalue weighted by molar-refractivity contribution is 6.31. The standard InChI is InChI=1S/C23H25ClN4O4/c1-13(2)8-15-4-5-16(9-20(15)24)22-26-21(27-32-22)19-7-6-17(25-14(19)3)10-28-11-18(12-28)31-23(29)30/h4-7,9,13,18H,8,10-12H2,1-3H3,(H,29,30). The van der Waals surface area contributed by atoms with Gasteiger partial charge in [-0.2, -0.15) is 4.98 Å². The molecule has 168 valence electrons. The molecule has 1 aromatic carbocycles. The van der Waals surface area contributed by atoms with Crippen molar-refractivity contribution in [1.29, 1.82) is 0 Å². The minimum atomic E-state index is -1.23. The molecule has 8 nitrogen and oxygen atoms in total. The molecule has 1 aliphatic heterocycles. The van der Waals surface area contributed by atoms with Crippen LogP contribution in [0.1, 0.15) is 30.8 Å². The summed E-state index contributed by atoms with van der Waals surface area (Å²) in [5.74, 6) is 1.40. The third-order valence-corrected chi connectivity index (χ3v) is 5.67. The largest absolute Gasteiger partial charge is 0.506 e. The van der Waals surface area contributed by atoms with E-state index in [4.69, 9.17) is 26.0 Å². The number of aromatic nitrogens is 3. The lowest BCUT2D eigenvalue weighted by Gasteiger charge is -2.37. The van der Waals surface area contributed by atoms with Gasteiger partial charge in [-0.05, 0) is 49.1 Å². The summed E-state index contributed by atoms with van der Waals surface area (Å²) in [7, 11) is 0. The van der Waals surface area contributed by atoms with E-state index in [2.05, 4.69) is 33.9 Å². The summed E-state index contributed by atoms with van der Waals surface area (Å²) in [6.07, 6.45) is -0.587. The van der Waals surface area contributed by atoms with Gasteiger partial charge in [-0.15, -0.1) is 0 Å². The number of ether oxygens (including phenoxy) is 1. The Morgan fingerprint density at radius 3 is 2.72 bits per heavy atom. The fraction of sp³-hybridized carbons (Fsp3) is 0.391. The molecule has 0 saturated carbocycles. The highest BCUT2D eigenvalue weighted by Crippen LogP contribution is 2.28. The normalized spacial score (nSPS) is 14.5. The number of hydrogen-bond acceptors (Lipinski definition) is 7. The average Bonchev–Trinajstić information content (AvgIpc) is 3.17. The van der Waals surface area contributed by atoms with E-state index in [1.54, 1.807) is 0 Å². The Morgan fingerprint density at radius 2 is 2.06 bits per heavy atom. The number of benzene rings is 1. The van der Waals surface area contributed by atoms with Crippen molar-refractivity contribution in [3.63, 3.8) is 0 Å². The number of hydrogen-bond donors (Lipinski definition) is 1. The van der Waals surface area contributed by atoms with E-state index in [1.807, 2.05) is 37.3 Å². The van der Waals surface area contributed by atoms with E-state index in [0.29, 0.717) is 42.3 Å². The second kappa shape index (κ2) is 9.26. The van der Waals surface area contributed by atoms with Crippen molar-refractivity contribution in [2.45, 2.75) is 39.8 Å². The molecule has 0 aliphatic carbocycles. The first-order valence-corrected chi connectivity index (χ1v) is 10.9. The molecule has 1 saturated heterocycles. The summed E-state index contributed by atoms with van der Waals surface area (Å²) in [6, 6.07) is 9.66. The molecule has 3 heterocycles. The van der Waals surface area contributed by atoms with Crippen LogP contribution in [0.2, 0.25) is 5.02 Å². The summed E-state index contributed by atoms with van der Waals surface area (Å²) >= 11 is 6.44. The summed E-state index contributed by atoms with van der Waals surface area (Å²) in [5, 5.41) is 13.5. The van der Waals surface area contributed by atoms with E-state index < -0.39 is 6.16 Å². The van der Waals surface area contributed by atoms with Gasteiger partial charge in [0.2, 0.25) is 5.82 Å². The van der Waals surface area contributed by atoms with Crippen LogP contribution in [0.15, 0.2) is 34.9 Å². The molecule has 32 heavy (non-hydrogen) atoms. The first kappa shape index (κ1) is 22.2. The number of carboxylic acid groups (broad SMARTS) is 1. The van der Waals surface area contributed by atoms with E-state index >= 15 is 0 Å². The number of aryl methyl sites for hydroxylation is 1. The maximum absolute atomic E-state index is 10.6. The molecule has 9 heteroatoms. The highest BCUT2D eigenvalue weighted by atomic mass is 35.5. The lowest BCUT2D eigenvalue weighted by molar-refractivity contribution is -0.0367. The third-order valence-electron chi connectivity index (χ3n) is 5.32. The summed E-state index contributed by atoms with van der Waals surface area (Å²) < 4.78 is 10.2. The monoisotopic (exact) mass is 456 g/mol. The van der Waals surface area contributed by atoms with E-state index in [0.717, 1.165) is 34.5 Å². The first-order valence-electron chi connectivity index (χ1n) is 10.5. The zero-order chi connectivity index (χ0) is 22.8. The maximum Gasteiger partial charge on any atom is 0.506 e. The second-order valence-electron chi connectivity index (χ2n) is 8.46. The van der Waals surface area contributed by atoms with Crippen LogP contribution in [0.25, 0.3) is 22.8 Å². The average molecular weight is 457 g/mol. The summed E-state index contributed by atoms with van der Waals surface area (Å²) in [6.45, 7) is 7.98. The zero-order valence-electron chi connectivity index (χ0n) is 18.2. The van der Waals surface area contributed by atoms with Gasteiger partial charge in [-0.1, -0.05) is 36.7 Å². The molecule has 4 rings (SSSR count). The SMILES string of the molecule is Cc1nc(CN2CC(OC(=O)O)C2)ccc1-c1noc(-c2ccc(CC(C)C)c(Cl)c2)n1. The van der Waals surface area contributed by atoms with Gasteiger partial charge >= 0.3 is 6.16 Å². The molecule has 0 spiro atoms. The van der Waals surface area contributed by atoms with Crippen LogP contribution in [0.3, 0.4) is 0 Å². The number of pyridine rings is 1. The Morgan fingerprint density at radius 1 is 1.28 bits per heavy atom. The molecule has 0 radical (unpaired) electrons. The molecular formula is C23H25ClN4O4. The Bertz CT molecular complexity index is 1120. The lowest BCUT2D eigenvalue weighted by atomic mass is 10.0. The molecule has 1 N–H and O–H groups in total. The van der Waals surface area contributed by atoms with Gasteiger partial charge in [0.05, 0.1) is 5.69 Å². The van der Waals surface area contributed by atoms with Gasteiger partial charge in [0.25, 0.3) is 5.89 Å². The predicted molar refractivity (Wildman–Crippen MR) is 119 cm³/mol. The van der Waals surface area contributed by atoms with Gasteiger partial charge in [0.15, 0.2) is 0 Å². The molecule has 0 bridgehead atoms. The molecule has 1 fully saturated rings. The maximum atomic E-state index is 10.6. The molecule has 0 unspecified atom stereocenters. The molecule has 2 aromatic heterocycles. The third kappa shape index (κ3) is 5.08. The fourth-order valence-electron chi connectivity index (χ4n) is 3.77. The number of likely N-dealkylation sites (tertiary alicyclic amines) is 1. The number of nitrogens with zero attached hydrogens (tertiary/aromatic N) is 4. The van der Waals surface area contributed by atoms with Crippen molar-refractivity contribution in [3.05, 3.63) is 52.3 Å². The van der Waals surface area contributed by atoms with Crippen LogP contribution < -0.4 is 0 Å². The predicted octanol–water partition coefficient (Wildman–Crippen LogP) is 4.84. The van der Waals surface area contributed by atoms with E-state index in [1.165, 1.54) is 0 Å². The Hall–Kier alpha value is -2.97. The molecule has 0 atom stereocenters. The molecular weight excluding hydrogens is 432 g/mol. The van der Waals surface area contributed by atoms with Crippen LogP contribution in [-0.4, -0.2) is 50.5 Å². The van der Waals surface area contributed by atoms with Gasteiger partial charge in [-0.25, -0.2) is 4.79 Å². The van der Waals surface area contributed by atoms with Crippen molar-refractivity contribution in [1.82, 2.24) is 20.0 Å². The second-order valence-corrected chi connectivity index (χ2v) is 8.87. The van der Waals surface area contributed by atoms with Crippen molar-refractivity contribution >= 4 is 17.8 Å². The Kier molecular flexibility index (Phi) is 6.43.